The second kappa shape index (κ2) is 17.6. The average Bonchev–Trinajstić information content (AvgIpc) is 3.75. The summed E-state index contributed by atoms with van der Waals surface area (Å²) in [6.45, 7) is 8.53. The number of pyridine rings is 2. The van der Waals surface area contributed by atoms with Gasteiger partial charge in [-0.3, -0.25) is 29.1 Å². The Morgan fingerprint density at radius 1 is 1.00 bits per heavy atom. The van der Waals surface area contributed by atoms with Crippen molar-refractivity contribution in [2.45, 2.75) is 121 Å². The van der Waals surface area contributed by atoms with Crippen molar-refractivity contribution >= 4 is 46.6 Å². The first-order valence-corrected chi connectivity index (χ1v) is 20.7. The number of piperidine rings is 2. The van der Waals surface area contributed by atoms with Crippen LogP contribution in [0.3, 0.4) is 0 Å². The van der Waals surface area contributed by atoms with Gasteiger partial charge in [-0.15, -0.1) is 0 Å². The zero-order chi connectivity index (χ0) is 40.1. The number of aryl methyl sites for hydroxylation is 2. The molecule has 5 heterocycles. The molecule has 2 saturated heterocycles. The third-order valence-corrected chi connectivity index (χ3v) is 12.6. The number of halogens is 1. The summed E-state index contributed by atoms with van der Waals surface area (Å²) in [5, 5.41) is 6.22. The van der Waals surface area contributed by atoms with Gasteiger partial charge in [0.15, 0.2) is 5.78 Å². The van der Waals surface area contributed by atoms with Crippen molar-refractivity contribution in [3.8, 4) is 0 Å². The Labute approximate surface area is 333 Å². The van der Waals surface area contributed by atoms with Crippen LogP contribution in [0.5, 0.6) is 0 Å². The molecule has 4 aromatic rings. The number of imide groups is 1. The van der Waals surface area contributed by atoms with Gasteiger partial charge in [0.05, 0.1) is 23.4 Å². The minimum absolute atomic E-state index is 0.00828. The molecule has 7 rings (SSSR count). The van der Waals surface area contributed by atoms with Gasteiger partial charge in [0, 0.05) is 49.8 Å². The first kappa shape index (κ1) is 40.2. The summed E-state index contributed by atoms with van der Waals surface area (Å²) in [5.41, 5.74) is 2.82. The molecule has 1 atom stereocenters. The number of hydrogen-bond acceptors (Lipinski definition) is 10. The molecule has 0 spiro atoms. The lowest BCUT2D eigenvalue weighted by Crippen LogP contribution is -2.50. The number of carbonyl (C=O) groups excluding carboxylic acids is 3. The van der Waals surface area contributed by atoms with E-state index in [1.54, 1.807) is 17.7 Å². The monoisotopic (exact) mass is 778 g/mol. The van der Waals surface area contributed by atoms with Gasteiger partial charge >= 0.3 is 0 Å². The summed E-state index contributed by atoms with van der Waals surface area (Å²) >= 11 is 0. The molecule has 1 saturated carbocycles. The van der Waals surface area contributed by atoms with Crippen LogP contribution in [0.2, 0.25) is 0 Å². The van der Waals surface area contributed by atoms with Crippen molar-refractivity contribution < 1.29 is 18.8 Å². The number of carbonyl (C=O) groups is 3. The van der Waals surface area contributed by atoms with Crippen LogP contribution >= 0.6 is 0 Å². The van der Waals surface area contributed by atoms with Crippen molar-refractivity contribution in [3.63, 3.8) is 0 Å². The van der Waals surface area contributed by atoms with Gasteiger partial charge in [0.2, 0.25) is 18.3 Å². The molecule has 3 fully saturated rings. The van der Waals surface area contributed by atoms with E-state index in [1.807, 2.05) is 49.5 Å². The average molecular weight is 779 g/mol. The molecule has 13 heteroatoms. The van der Waals surface area contributed by atoms with E-state index >= 15 is 4.39 Å². The lowest BCUT2D eigenvalue weighted by molar-refractivity contribution is -0.126. The molecule has 57 heavy (non-hydrogen) atoms. The normalized spacial score (nSPS) is 18.4. The van der Waals surface area contributed by atoms with Crippen LogP contribution in [-0.2, 0) is 16.0 Å². The van der Waals surface area contributed by atoms with E-state index in [-0.39, 0.29) is 28.9 Å². The van der Waals surface area contributed by atoms with Crippen molar-refractivity contribution in [1.29, 1.82) is 0 Å². The summed E-state index contributed by atoms with van der Waals surface area (Å²) < 4.78 is 17.8. The standard InChI is InChI=1S/C44H55FN8O4/c1-4-8-36(41(56)48-28-54)32-10-7-9-31(25-32)15-18-44(45)19-23-52(24-20-44)33-16-21-51(22-17-33)35-13-14-38(46-26-35)49-43-47-27-37-29(2)39(30(3)55)42(57)53(40(37)50-43)34-11-5-6-12-34/h7,9-10,13-14,25-28,33-34,36H,4-6,8,11-12,15-24H2,1-3H3,(H,48,54,56)(H,46,47,49,50). The predicted molar refractivity (Wildman–Crippen MR) is 220 cm³/mol. The highest BCUT2D eigenvalue weighted by Crippen LogP contribution is 2.35. The highest BCUT2D eigenvalue weighted by Gasteiger charge is 2.37. The molecule has 2 amide bonds. The number of benzene rings is 1. The Bertz CT molecular complexity index is 2130. The number of aromatic nitrogens is 4. The summed E-state index contributed by atoms with van der Waals surface area (Å²) in [7, 11) is 0. The van der Waals surface area contributed by atoms with E-state index in [1.165, 1.54) is 6.92 Å². The lowest BCUT2D eigenvalue weighted by Gasteiger charge is -2.44. The summed E-state index contributed by atoms with van der Waals surface area (Å²) in [4.78, 5) is 68.2. The van der Waals surface area contributed by atoms with Crippen LogP contribution in [0.1, 0.15) is 123 Å². The van der Waals surface area contributed by atoms with Gasteiger partial charge in [-0.25, -0.2) is 14.4 Å². The Morgan fingerprint density at radius 3 is 2.42 bits per heavy atom. The Kier molecular flexibility index (Phi) is 12.4. The Morgan fingerprint density at radius 2 is 1.75 bits per heavy atom. The number of nitrogens with one attached hydrogen (secondary N) is 2. The number of rotatable bonds is 14. The largest absolute Gasteiger partial charge is 0.370 e. The molecule has 3 aromatic heterocycles. The molecule has 1 aliphatic carbocycles. The number of amides is 2. The molecule has 3 aliphatic rings. The van der Waals surface area contributed by atoms with E-state index in [4.69, 9.17) is 4.98 Å². The summed E-state index contributed by atoms with van der Waals surface area (Å²) in [6, 6.07) is 12.2. The van der Waals surface area contributed by atoms with Crippen LogP contribution in [0, 0.1) is 6.92 Å². The highest BCUT2D eigenvalue weighted by molar-refractivity contribution is 5.99. The van der Waals surface area contributed by atoms with Crippen molar-refractivity contribution in [2.75, 3.05) is 36.4 Å². The Balaban J connectivity index is 0.914. The fourth-order valence-electron chi connectivity index (χ4n) is 9.33. The minimum atomic E-state index is -1.21. The van der Waals surface area contributed by atoms with Crippen molar-refractivity contribution in [2.24, 2.45) is 0 Å². The van der Waals surface area contributed by atoms with E-state index in [2.05, 4.69) is 30.4 Å². The Hall–Kier alpha value is -5.04. The quantitative estimate of drug-likeness (QED) is 0.100. The van der Waals surface area contributed by atoms with E-state index in [9.17, 15) is 19.2 Å². The smallest absolute Gasteiger partial charge is 0.263 e. The van der Waals surface area contributed by atoms with Crippen LogP contribution in [0.4, 0.5) is 21.8 Å². The number of fused-ring (bicyclic) bond motifs is 1. The minimum Gasteiger partial charge on any atom is -0.370 e. The predicted octanol–water partition coefficient (Wildman–Crippen LogP) is 7.12. The SMILES string of the molecule is CCCC(C(=O)NC=O)c1cccc(CCC2(F)CCN(C3CCN(c4ccc(Nc5ncc6c(C)c(C(C)=O)c(=O)n(C7CCCC7)c6n5)nc4)CC3)CC2)c1. The van der Waals surface area contributed by atoms with Crippen LogP contribution in [-0.4, -0.2) is 80.4 Å². The second-order valence-electron chi connectivity index (χ2n) is 16.2. The first-order valence-electron chi connectivity index (χ1n) is 20.7. The van der Waals surface area contributed by atoms with Gasteiger partial charge in [0.25, 0.3) is 5.56 Å². The maximum Gasteiger partial charge on any atom is 0.263 e. The number of anilines is 3. The number of likely N-dealkylation sites (tertiary alicyclic amines) is 1. The van der Waals surface area contributed by atoms with Gasteiger partial charge in [-0.2, -0.15) is 4.98 Å². The highest BCUT2D eigenvalue weighted by atomic mass is 19.1. The number of Topliss-reactive ketones (excluding diaryl/α,β-unsaturated/α-hetero) is 1. The fourth-order valence-corrected chi connectivity index (χ4v) is 9.33. The lowest BCUT2D eigenvalue weighted by atomic mass is 9.85. The van der Waals surface area contributed by atoms with E-state index < -0.39 is 11.6 Å². The van der Waals surface area contributed by atoms with E-state index in [0.29, 0.717) is 72.9 Å². The second-order valence-corrected chi connectivity index (χ2v) is 16.2. The molecule has 1 unspecified atom stereocenters. The molecular formula is C44H55FN8O4. The number of hydrogen-bond donors (Lipinski definition) is 2. The first-order chi connectivity index (χ1) is 27.6. The van der Waals surface area contributed by atoms with Crippen LogP contribution < -0.4 is 21.1 Å². The van der Waals surface area contributed by atoms with Gasteiger partial charge in [-0.05, 0) is 100 Å². The number of nitrogens with zero attached hydrogens (tertiary/aromatic N) is 6. The van der Waals surface area contributed by atoms with E-state index in [0.717, 1.165) is 87.9 Å². The van der Waals surface area contributed by atoms with Gasteiger partial charge in [-0.1, -0.05) is 50.5 Å². The van der Waals surface area contributed by atoms with Crippen molar-refractivity contribution in [3.05, 3.63) is 81.4 Å². The molecule has 2 N–H and O–H groups in total. The zero-order valence-electron chi connectivity index (χ0n) is 33.4. The third kappa shape index (κ3) is 8.93. The topological polar surface area (TPSA) is 142 Å². The molecule has 0 radical (unpaired) electrons. The molecule has 0 bridgehead atoms. The molecule has 12 nitrogen and oxygen atoms in total. The summed E-state index contributed by atoms with van der Waals surface area (Å²) in [6.07, 6.45) is 13.4. The summed E-state index contributed by atoms with van der Waals surface area (Å²) in [5.74, 6) is 0.00945. The number of ketones is 1. The van der Waals surface area contributed by atoms with Crippen LogP contribution in [0.25, 0.3) is 11.0 Å². The maximum atomic E-state index is 16.1. The maximum absolute atomic E-state index is 16.1. The van der Waals surface area contributed by atoms with Gasteiger partial charge in [0.1, 0.15) is 17.1 Å². The van der Waals surface area contributed by atoms with Crippen molar-refractivity contribution in [1.82, 2.24) is 29.7 Å². The van der Waals surface area contributed by atoms with Crippen LogP contribution in [0.15, 0.2) is 53.6 Å². The number of alkyl halides is 1. The molecule has 2 aliphatic heterocycles. The van der Waals surface area contributed by atoms with Gasteiger partial charge < -0.3 is 15.1 Å². The fraction of sp³-hybridized carbons (Fsp3) is 0.523. The zero-order valence-corrected chi connectivity index (χ0v) is 33.4. The molecular weight excluding hydrogens is 724 g/mol. The third-order valence-electron chi connectivity index (χ3n) is 12.6. The molecule has 302 valence electrons. The molecule has 1 aromatic carbocycles.